The number of azide groups is 1. The Labute approximate surface area is 113 Å². The molecule has 1 fully saturated rings. The summed E-state index contributed by atoms with van der Waals surface area (Å²) in [5.41, 5.74) is 8.46. The molecule has 10 heteroatoms. The molecule has 1 aliphatic rings. The van der Waals surface area contributed by atoms with Crippen molar-refractivity contribution in [2.24, 2.45) is 11.0 Å². The van der Waals surface area contributed by atoms with Crippen LogP contribution in [0.25, 0.3) is 10.4 Å². The first-order valence-corrected chi connectivity index (χ1v) is 5.91. The van der Waals surface area contributed by atoms with Crippen LogP contribution in [-0.4, -0.2) is 68.2 Å². The monoisotopic (exact) mass is 291 g/mol. The van der Waals surface area contributed by atoms with Gasteiger partial charge in [-0.05, 0) is 11.4 Å². The molecule has 6 atom stereocenters. The van der Waals surface area contributed by atoms with E-state index in [0.29, 0.717) is 0 Å². The Morgan fingerprint density at radius 2 is 2.20 bits per heavy atom. The van der Waals surface area contributed by atoms with Gasteiger partial charge in [-0.3, -0.25) is 0 Å². The lowest BCUT2D eigenvalue weighted by Gasteiger charge is -2.43. The summed E-state index contributed by atoms with van der Waals surface area (Å²) in [6, 6.07) is -0.944. The maximum Gasteiger partial charge on any atom is 0.364 e. The van der Waals surface area contributed by atoms with Gasteiger partial charge in [0.15, 0.2) is 0 Å². The van der Waals surface area contributed by atoms with Crippen LogP contribution in [0, 0.1) is 5.92 Å². The molecule has 2 unspecified atom stereocenters. The number of hydrogen-bond acceptors (Lipinski definition) is 7. The van der Waals surface area contributed by atoms with Crippen molar-refractivity contribution in [3.05, 3.63) is 10.4 Å². The zero-order valence-electron chi connectivity index (χ0n) is 10.7. The van der Waals surface area contributed by atoms with Gasteiger partial charge in [0.1, 0.15) is 12.2 Å². The first-order valence-electron chi connectivity index (χ1n) is 5.91. The Bertz CT molecular complexity index is 414. The summed E-state index contributed by atoms with van der Waals surface area (Å²) in [5.74, 6) is -4.99. The average Bonchev–Trinajstić information content (AvgIpc) is 2.41. The molecule has 5 N–H and O–H groups in total. The molecule has 20 heavy (non-hydrogen) atoms. The van der Waals surface area contributed by atoms with Gasteiger partial charge in [-0.25, -0.2) is 4.79 Å². The van der Waals surface area contributed by atoms with Crippen LogP contribution in [0.2, 0.25) is 0 Å². The van der Waals surface area contributed by atoms with E-state index in [0.717, 1.165) is 0 Å². The van der Waals surface area contributed by atoms with E-state index in [2.05, 4.69) is 10.0 Å². The molecular formula is C10H17N3O7. The number of rotatable bonds is 5. The largest absolute Gasteiger partial charge is 0.477 e. The summed E-state index contributed by atoms with van der Waals surface area (Å²) in [7, 11) is 0. The van der Waals surface area contributed by atoms with Crippen LogP contribution in [0.5, 0.6) is 0 Å². The number of nitrogens with zero attached hydrogens (tertiary/aromatic N) is 3. The van der Waals surface area contributed by atoms with Gasteiger partial charge in [0.2, 0.25) is 0 Å². The molecule has 0 aromatic heterocycles. The predicted molar refractivity (Wildman–Crippen MR) is 63.3 cm³/mol. The molecule has 0 radical (unpaired) electrons. The Kier molecular flexibility index (Phi) is 5.28. The van der Waals surface area contributed by atoms with Gasteiger partial charge in [-0.2, -0.15) is 0 Å². The predicted octanol–water partition coefficient (Wildman–Crippen LogP) is -1.42. The van der Waals surface area contributed by atoms with Crippen molar-refractivity contribution in [1.82, 2.24) is 0 Å². The number of hydrogen-bond donors (Lipinski definition) is 5. The van der Waals surface area contributed by atoms with Crippen molar-refractivity contribution in [3.8, 4) is 0 Å². The summed E-state index contributed by atoms with van der Waals surface area (Å²) in [6.45, 7) is 0.740. The van der Waals surface area contributed by atoms with Gasteiger partial charge in [0.25, 0.3) is 5.79 Å². The van der Waals surface area contributed by atoms with E-state index in [1.54, 1.807) is 0 Å². The van der Waals surface area contributed by atoms with Crippen molar-refractivity contribution in [1.29, 1.82) is 0 Å². The third-order valence-electron chi connectivity index (χ3n) is 3.39. The molecule has 0 aromatic rings. The highest BCUT2D eigenvalue weighted by atomic mass is 16.7. The third kappa shape index (κ3) is 3.18. The molecule has 0 aliphatic carbocycles. The second-order valence-corrected chi connectivity index (χ2v) is 4.75. The Balaban J connectivity index is 3.08. The minimum absolute atomic E-state index is 0.480. The van der Waals surface area contributed by atoms with Crippen molar-refractivity contribution < 1.29 is 35.1 Å². The van der Waals surface area contributed by atoms with Gasteiger partial charge in [0.05, 0.1) is 12.7 Å². The summed E-state index contributed by atoms with van der Waals surface area (Å²) in [4.78, 5) is 13.6. The molecular weight excluding hydrogens is 274 g/mol. The number of ether oxygens (including phenoxy) is 1. The van der Waals surface area contributed by atoms with Crippen LogP contribution in [0.4, 0.5) is 0 Å². The van der Waals surface area contributed by atoms with Gasteiger partial charge in [-0.15, -0.1) is 0 Å². The highest BCUT2D eigenvalue weighted by molar-refractivity contribution is 5.75. The molecule has 10 nitrogen and oxygen atoms in total. The number of carboxylic acids is 1. The van der Waals surface area contributed by atoms with E-state index < -0.39 is 55.1 Å². The van der Waals surface area contributed by atoms with Crippen LogP contribution in [0.15, 0.2) is 5.11 Å². The van der Waals surface area contributed by atoms with E-state index in [1.165, 1.54) is 6.92 Å². The number of aliphatic hydroxyl groups is 4. The lowest BCUT2D eigenvalue weighted by Crippen LogP contribution is -2.59. The van der Waals surface area contributed by atoms with Gasteiger partial charge >= 0.3 is 5.97 Å². The second kappa shape index (κ2) is 6.35. The van der Waals surface area contributed by atoms with Gasteiger partial charge in [-0.1, -0.05) is 12.0 Å². The molecule has 0 aromatic carbocycles. The SMILES string of the molecule is C[C@@H]1C(N=[N+]=[N-])C[C@@](O)(C(=O)O)OC1[C@H](O)[C@H](O)CO. The minimum atomic E-state index is -2.63. The van der Waals surface area contributed by atoms with Crippen molar-refractivity contribution >= 4 is 5.97 Å². The van der Waals surface area contributed by atoms with E-state index >= 15 is 0 Å². The van der Waals surface area contributed by atoms with Crippen molar-refractivity contribution in [2.45, 2.75) is 43.5 Å². The molecule has 0 amide bonds. The second-order valence-electron chi connectivity index (χ2n) is 4.75. The maximum atomic E-state index is 11.0. The lowest BCUT2D eigenvalue weighted by atomic mass is 9.83. The normalized spacial score (nSPS) is 36.8. The number of carbonyl (C=O) groups is 1. The topological polar surface area (TPSA) is 176 Å². The summed E-state index contributed by atoms with van der Waals surface area (Å²) in [6.07, 6.45) is -5.02. The molecule has 1 heterocycles. The first-order chi connectivity index (χ1) is 9.26. The molecule has 0 bridgehead atoms. The van der Waals surface area contributed by atoms with E-state index in [4.69, 9.17) is 20.5 Å². The molecule has 1 rings (SSSR count). The number of carboxylic acid groups (broad SMARTS) is 1. The Hall–Kier alpha value is -1.42. The van der Waals surface area contributed by atoms with Gasteiger partial charge in [0, 0.05) is 17.4 Å². The lowest BCUT2D eigenvalue weighted by molar-refractivity contribution is -0.288. The van der Waals surface area contributed by atoms with Crippen LogP contribution in [-0.2, 0) is 9.53 Å². The highest BCUT2D eigenvalue weighted by Gasteiger charge is 2.52. The Morgan fingerprint density at radius 1 is 1.60 bits per heavy atom. The molecule has 1 saturated heterocycles. The maximum absolute atomic E-state index is 11.0. The van der Waals surface area contributed by atoms with Gasteiger partial charge < -0.3 is 30.3 Å². The van der Waals surface area contributed by atoms with Crippen LogP contribution in [0.1, 0.15) is 13.3 Å². The summed E-state index contributed by atoms with van der Waals surface area (Å²) in [5, 5.41) is 50.3. The number of aliphatic carboxylic acids is 1. The molecule has 114 valence electrons. The highest BCUT2D eigenvalue weighted by Crippen LogP contribution is 2.35. The van der Waals surface area contributed by atoms with E-state index in [9.17, 15) is 20.1 Å². The fourth-order valence-corrected chi connectivity index (χ4v) is 2.13. The van der Waals surface area contributed by atoms with Crippen LogP contribution < -0.4 is 0 Å². The molecule has 0 saturated carbocycles. The quantitative estimate of drug-likeness (QED) is 0.234. The molecule has 0 spiro atoms. The zero-order chi connectivity index (χ0) is 15.5. The van der Waals surface area contributed by atoms with Crippen LogP contribution >= 0.6 is 0 Å². The average molecular weight is 291 g/mol. The Morgan fingerprint density at radius 3 is 2.65 bits per heavy atom. The number of aliphatic hydroxyl groups excluding tert-OH is 3. The standard InChI is InChI=1S/C10H17N3O7/c1-4-5(12-13-11)2-10(19,9(17)18)20-8(4)7(16)6(15)3-14/h4-8,14-16,19H,2-3H2,1H3,(H,17,18)/t4-,5?,6-,7-,8?,10+/m1/s1. The van der Waals surface area contributed by atoms with E-state index in [-0.39, 0.29) is 0 Å². The zero-order valence-corrected chi connectivity index (χ0v) is 10.7. The smallest absolute Gasteiger partial charge is 0.364 e. The third-order valence-corrected chi connectivity index (χ3v) is 3.39. The van der Waals surface area contributed by atoms with E-state index in [1.807, 2.05) is 0 Å². The van der Waals surface area contributed by atoms with Crippen molar-refractivity contribution in [2.75, 3.05) is 6.61 Å². The van der Waals surface area contributed by atoms with Crippen LogP contribution in [0.3, 0.4) is 0 Å². The first kappa shape index (κ1) is 16.6. The fourth-order valence-electron chi connectivity index (χ4n) is 2.13. The van der Waals surface area contributed by atoms with Crippen molar-refractivity contribution in [3.63, 3.8) is 0 Å². The summed E-state index contributed by atoms with van der Waals surface area (Å²) >= 11 is 0. The molecule has 1 aliphatic heterocycles. The fraction of sp³-hybridized carbons (Fsp3) is 0.900. The summed E-state index contributed by atoms with van der Waals surface area (Å²) < 4.78 is 4.96. The minimum Gasteiger partial charge on any atom is -0.477 e.